The Hall–Kier alpha value is -2.67. The van der Waals surface area contributed by atoms with Crippen LogP contribution in [0.15, 0.2) is 34.9 Å². The molecular weight excluding hydrogens is 426 g/mol. The number of likely N-dealkylation sites (tertiary alicyclic amines) is 1. The van der Waals surface area contributed by atoms with Gasteiger partial charge >= 0.3 is 0 Å². The van der Waals surface area contributed by atoms with Crippen molar-refractivity contribution in [1.82, 2.24) is 24.6 Å². The van der Waals surface area contributed by atoms with E-state index in [2.05, 4.69) is 19.7 Å². The van der Waals surface area contributed by atoms with Crippen LogP contribution in [0.2, 0.25) is 5.02 Å². The number of carbonyl (C=O) groups is 1. The molecule has 0 saturated carbocycles. The van der Waals surface area contributed by atoms with E-state index in [1.54, 1.807) is 6.20 Å². The van der Waals surface area contributed by atoms with Crippen molar-refractivity contribution in [2.75, 3.05) is 13.1 Å². The molecule has 1 aromatic carbocycles. The van der Waals surface area contributed by atoms with E-state index in [9.17, 15) is 4.79 Å². The summed E-state index contributed by atoms with van der Waals surface area (Å²) in [5.41, 5.74) is 0.922. The Morgan fingerprint density at radius 1 is 1.09 bits per heavy atom. The van der Waals surface area contributed by atoms with Crippen LogP contribution in [-0.4, -0.2) is 43.6 Å². The van der Waals surface area contributed by atoms with Gasteiger partial charge in [-0.15, -0.1) is 10.2 Å². The van der Waals surface area contributed by atoms with Gasteiger partial charge in [0.25, 0.3) is 0 Å². The van der Waals surface area contributed by atoms with Gasteiger partial charge in [0.05, 0.1) is 6.20 Å². The van der Waals surface area contributed by atoms with Crippen LogP contribution < -0.4 is 0 Å². The minimum atomic E-state index is 0.150. The second kappa shape index (κ2) is 9.45. The number of carbonyl (C=O) groups excluding carboxylic acids is 1. The fraction of sp³-hybridized carbons (Fsp3) is 0.500. The number of rotatable bonds is 5. The quantitative estimate of drug-likeness (QED) is 0.561. The Labute approximate surface area is 192 Å². The molecule has 1 saturated heterocycles. The third-order valence-electron chi connectivity index (χ3n) is 6.51. The van der Waals surface area contributed by atoms with Crippen molar-refractivity contribution < 1.29 is 9.21 Å². The monoisotopic (exact) mass is 453 g/mol. The first-order valence-corrected chi connectivity index (χ1v) is 12.0. The van der Waals surface area contributed by atoms with Gasteiger partial charge in [-0.3, -0.25) is 4.79 Å². The average Bonchev–Trinajstić information content (AvgIpc) is 3.39. The van der Waals surface area contributed by atoms with Crippen LogP contribution in [0.4, 0.5) is 0 Å². The molecule has 0 bridgehead atoms. The summed E-state index contributed by atoms with van der Waals surface area (Å²) >= 11 is 5.95. The van der Waals surface area contributed by atoms with Gasteiger partial charge in [-0.2, -0.15) is 0 Å². The molecule has 2 aliphatic rings. The zero-order chi connectivity index (χ0) is 21.9. The second-order valence-corrected chi connectivity index (χ2v) is 9.18. The third kappa shape index (κ3) is 4.58. The van der Waals surface area contributed by atoms with E-state index in [1.807, 2.05) is 29.2 Å². The maximum absolute atomic E-state index is 12.9. The predicted molar refractivity (Wildman–Crippen MR) is 121 cm³/mol. The lowest BCUT2D eigenvalue weighted by Gasteiger charge is -2.32. The Balaban J connectivity index is 1.19. The SMILES string of the molecule is O=C(CCc1ncc(-c2ccc(Cl)cc2)o1)N1CCCC(c2nnc3n2CCCCC3)C1. The fourth-order valence-electron chi connectivity index (χ4n) is 4.77. The summed E-state index contributed by atoms with van der Waals surface area (Å²) in [6.45, 7) is 2.53. The molecule has 7 nitrogen and oxygen atoms in total. The summed E-state index contributed by atoms with van der Waals surface area (Å²) in [5, 5.41) is 9.66. The van der Waals surface area contributed by atoms with Crippen LogP contribution in [0.25, 0.3) is 11.3 Å². The van der Waals surface area contributed by atoms with Crippen LogP contribution in [0.1, 0.15) is 62.0 Å². The summed E-state index contributed by atoms with van der Waals surface area (Å²) in [5.74, 6) is 3.87. The largest absolute Gasteiger partial charge is 0.441 e. The van der Waals surface area contributed by atoms with Gasteiger partial charge in [0.1, 0.15) is 11.6 Å². The van der Waals surface area contributed by atoms with E-state index in [0.717, 1.165) is 56.1 Å². The first-order valence-electron chi connectivity index (χ1n) is 11.6. The first kappa shape index (κ1) is 21.2. The number of nitrogens with zero attached hydrogens (tertiary/aromatic N) is 5. The van der Waals surface area contributed by atoms with Gasteiger partial charge < -0.3 is 13.9 Å². The Morgan fingerprint density at radius 2 is 1.97 bits per heavy atom. The van der Waals surface area contributed by atoms with Crippen LogP contribution in [0, 0.1) is 0 Å². The summed E-state index contributed by atoms with van der Waals surface area (Å²) in [6.07, 6.45) is 9.28. The van der Waals surface area contributed by atoms with Crippen molar-refractivity contribution >= 4 is 17.5 Å². The molecule has 1 atom stereocenters. The summed E-state index contributed by atoms with van der Waals surface area (Å²) in [7, 11) is 0. The molecule has 2 aliphatic heterocycles. The summed E-state index contributed by atoms with van der Waals surface area (Å²) in [6, 6.07) is 7.45. The Bertz CT molecular complexity index is 1070. The number of hydrogen-bond acceptors (Lipinski definition) is 5. The molecule has 2 aromatic heterocycles. The zero-order valence-electron chi connectivity index (χ0n) is 18.2. The van der Waals surface area contributed by atoms with E-state index in [0.29, 0.717) is 29.5 Å². The number of piperidine rings is 1. The standard InChI is InChI=1S/C24H28ClN5O2/c25-19-9-7-17(8-10-19)20-15-26-22(32-20)11-12-23(31)29-13-4-5-18(16-29)24-28-27-21-6-2-1-3-14-30(21)24/h7-10,15,18H,1-6,11-14,16H2. The third-order valence-corrected chi connectivity index (χ3v) is 6.76. The van der Waals surface area contributed by atoms with Gasteiger partial charge in [-0.1, -0.05) is 18.0 Å². The molecule has 0 radical (unpaired) electrons. The molecule has 1 fully saturated rings. The van der Waals surface area contributed by atoms with Crippen molar-refractivity contribution in [1.29, 1.82) is 0 Å². The highest BCUT2D eigenvalue weighted by atomic mass is 35.5. The van der Waals surface area contributed by atoms with Gasteiger partial charge in [0.2, 0.25) is 5.91 Å². The van der Waals surface area contributed by atoms with Gasteiger partial charge in [-0.05, 0) is 49.9 Å². The van der Waals surface area contributed by atoms with E-state index in [4.69, 9.17) is 16.0 Å². The molecule has 0 spiro atoms. The lowest BCUT2D eigenvalue weighted by molar-refractivity contribution is -0.132. The average molecular weight is 454 g/mol. The van der Waals surface area contributed by atoms with Gasteiger partial charge in [-0.25, -0.2) is 4.98 Å². The van der Waals surface area contributed by atoms with E-state index < -0.39 is 0 Å². The number of hydrogen-bond donors (Lipinski definition) is 0. The number of oxazole rings is 1. The molecule has 5 rings (SSSR count). The number of aromatic nitrogens is 4. The number of benzene rings is 1. The Kier molecular flexibility index (Phi) is 6.26. The first-order chi connectivity index (χ1) is 15.7. The highest BCUT2D eigenvalue weighted by Gasteiger charge is 2.29. The molecule has 4 heterocycles. The van der Waals surface area contributed by atoms with Crippen LogP contribution in [0.5, 0.6) is 0 Å². The van der Waals surface area contributed by atoms with Crippen LogP contribution >= 0.6 is 11.6 Å². The van der Waals surface area contributed by atoms with E-state index in [-0.39, 0.29) is 11.8 Å². The number of amides is 1. The normalized spacial score (nSPS) is 18.9. The summed E-state index contributed by atoms with van der Waals surface area (Å²) in [4.78, 5) is 19.3. The summed E-state index contributed by atoms with van der Waals surface area (Å²) < 4.78 is 8.17. The lowest BCUT2D eigenvalue weighted by atomic mass is 9.96. The molecule has 1 amide bonds. The Morgan fingerprint density at radius 3 is 2.84 bits per heavy atom. The molecule has 1 unspecified atom stereocenters. The maximum atomic E-state index is 12.9. The van der Waals surface area contributed by atoms with Gasteiger partial charge in [0.15, 0.2) is 11.7 Å². The minimum absolute atomic E-state index is 0.150. The van der Waals surface area contributed by atoms with Crippen molar-refractivity contribution in [3.8, 4) is 11.3 Å². The van der Waals surface area contributed by atoms with Crippen molar-refractivity contribution in [2.24, 2.45) is 0 Å². The van der Waals surface area contributed by atoms with E-state index in [1.165, 1.54) is 19.3 Å². The predicted octanol–water partition coefficient (Wildman–Crippen LogP) is 4.65. The molecule has 0 N–H and O–H groups in total. The van der Waals surface area contributed by atoms with Crippen molar-refractivity contribution in [3.05, 3.63) is 53.0 Å². The highest BCUT2D eigenvalue weighted by Crippen LogP contribution is 2.29. The fourth-order valence-corrected chi connectivity index (χ4v) is 4.90. The smallest absolute Gasteiger partial charge is 0.223 e. The minimum Gasteiger partial charge on any atom is -0.441 e. The number of aryl methyl sites for hydroxylation is 2. The topological polar surface area (TPSA) is 77.1 Å². The second-order valence-electron chi connectivity index (χ2n) is 8.74. The molecule has 0 aliphatic carbocycles. The number of fused-ring (bicyclic) bond motifs is 1. The molecule has 8 heteroatoms. The van der Waals surface area contributed by atoms with Crippen molar-refractivity contribution in [3.63, 3.8) is 0 Å². The van der Waals surface area contributed by atoms with Gasteiger partial charge in [0, 0.05) is 55.4 Å². The number of halogens is 1. The molecule has 3 aromatic rings. The zero-order valence-corrected chi connectivity index (χ0v) is 18.9. The molecule has 32 heavy (non-hydrogen) atoms. The van der Waals surface area contributed by atoms with Crippen molar-refractivity contribution in [2.45, 2.75) is 63.8 Å². The molecular formula is C24H28ClN5O2. The van der Waals surface area contributed by atoms with Crippen LogP contribution in [0.3, 0.4) is 0 Å². The maximum Gasteiger partial charge on any atom is 0.223 e. The highest BCUT2D eigenvalue weighted by molar-refractivity contribution is 6.30. The lowest BCUT2D eigenvalue weighted by Crippen LogP contribution is -2.40. The van der Waals surface area contributed by atoms with E-state index >= 15 is 0 Å². The van der Waals surface area contributed by atoms with Crippen LogP contribution in [-0.2, 0) is 24.2 Å². The molecule has 168 valence electrons.